The third-order valence-electron chi connectivity index (χ3n) is 6.30. The first-order chi connectivity index (χ1) is 18.2. The van der Waals surface area contributed by atoms with Gasteiger partial charge in [-0.05, 0) is 53.4 Å². The number of urea groups is 1. The number of nitrogens with one attached hydrogen (secondary N) is 3. The lowest BCUT2D eigenvalue weighted by Gasteiger charge is -2.31. The Kier molecular flexibility index (Phi) is 8.10. The molecule has 0 aliphatic carbocycles. The molecule has 0 spiro atoms. The zero-order valence-electron chi connectivity index (χ0n) is 21.4. The van der Waals surface area contributed by atoms with Gasteiger partial charge in [-0.15, -0.1) is 0 Å². The Morgan fingerprint density at radius 2 is 1.71 bits per heavy atom. The van der Waals surface area contributed by atoms with Gasteiger partial charge < -0.3 is 24.7 Å². The van der Waals surface area contributed by atoms with Crippen molar-refractivity contribution in [3.05, 3.63) is 83.8 Å². The van der Waals surface area contributed by atoms with Gasteiger partial charge in [0.1, 0.15) is 23.6 Å². The number of hydrogen-bond donors (Lipinski definition) is 3. The van der Waals surface area contributed by atoms with Crippen LogP contribution in [0.25, 0.3) is 0 Å². The van der Waals surface area contributed by atoms with Gasteiger partial charge in [0.15, 0.2) is 0 Å². The van der Waals surface area contributed by atoms with Crippen molar-refractivity contribution in [1.29, 1.82) is 0 Å². The number of furan rings is 1. The molecule has 1 saturated heterocycles. The highest BCUT2D eigenvalue weighted by atomic mass is 16.5. The average Bonchev–Trinajstić information content (AvgIpc) is 3.53. The van der Waals surface area contributed by atoms with Crippen molar-refractivity contribution in [3.63, 3.8) is 0 Å². The molecule has 3 N–H and O–H groups in total. The van der Waals surface area contributed by atoms with E-state index in [2.05, 4.69) is 29.8 Å². The number of carbonyl (C=O) groups excluding carboxylic acids is 4. The third kappa shape index (κ3) is 6.20. The van der Waals surface area contributed by atoms with Crippen LogP contribution in [0.5, 0.6) is 5.75 Å². The predicted molar refractivity (Wildman–Crippen MR) is 139 cm³/mol. The van der Waals surface area contributed by atoms with Crippen LogP contribution in [0.1, 0.15) is 49.1 Å². The minimum Gasteiger partial charge on any atom is -0.497 e. The number of rotatable bonds is 10. The van der Waals surface area contributed by atoms with E-state index in [-0.39, 0.29) is 13.0 Å². The fourth-order valence-electron chi connectivity index (χ4n) is 4.21. The molecule has 10 nitrogen and oxygen atoms in total. The molecular formula is C28H30N4O6. The van der Waals surface area contributed by atoms with Crippen molar-refractivity contribution >= 4 is 29.4 Å². The molecule has 4 rings (SSSR count). The van der Waals surface area contributed by atoms with Crippen molar-refractivity contribution in [3.8, 4) is 5.75 Å². The van der Waals surface area contributed by atoms with E-state index < -0.39 is 35.8 Å². The van der Waals surface area contributed by atoms with Crippen molar-refractivity contribution < 1.29 is 28.3 Å². The molecule has 1 aliphatic heterocycles. The summed E-state index contributed by atoms with van der Waals surface area (Å²) >= 11 is 0. The number of methoxy groups -OCH3 is 1. The molecule has 2 atom stereocenters. The van der Waals surface area contributed by atoms with Crippen molar-refractivity contribution in [2.24, 2.45) is 0 Å². The summed E-state index contributed by atoms with van der Waals surface area (Å²) < 4.78 is 10.7. The number of nitrogens with zero attached hydrogens (tertiary/aromatic N) is 1. The number of carbonyl (C=O) groups is 4. The molecule has 3 aromatic rings. The van der Waals surface area contributed by atoms with E-state index in [1.165, 1.54) is 18.3 Å². The maximum atomic E-state index is 13.8. The molecule has 0 unspecified atom stereocenters. The first-order valence-electron chi connectivity index (χ1n) is 12.2. The van der Waals surface area contributed by atoms with Crippen LogP contribution in [-0.4, -0.2) is 41.8 Å². The standard InChI is InChI=1S/C28H30N4O6/c1-17(2)18-6-10-20(11-7-18)29-27(35)25(19-8-12-21(37-3)13-9-19)32(16-22-5-4-14-38-22)24(33)15-23-26(34)31-28(36)30-23/h4-14,17,23,25H,15-16H2,1-3H3,(H,29,35)(H2,30,31,34,36)/t23-,25-/m0/s1. The Morgan fingerprint density at radius 3 is 2.26 bits per heavy atom. The van der Waals surface area contributed by atoms with E-state index >= 15 is 0 Å². The van der Waals surface area contributed by atoms with Crippen LogP contribution in [0.15, 0.2) is 71.3 Å². The summed E-state index contributed by atoms with van der Waals surface area (Å²) in [7, 11) is 1.54. The minimum atomic E-state index is -1.08. The first kappa shape index (κ1) is 26.5. The van der Waals surface area contributed by atoms with Crippen LogP contribution in [0.3, 0.4) is 0 Å². The van der Waals surface area contributed by atoms with Gasteiger partial charge in [-0.1, -0.05) is 38.1 Å². The summed E-state index contributed by atoms with van der Waals surface area (Å²) in [5.41, 5.74) is 2.23. The summed E-state index contributed by atoms with van der Waals surface area (Å²) in [4.78, 5) is 52.5. The van der Waals surface area contributed by atoms with Gasteiger partial charge in [-0.3, -0.25) is 19.7 Å². The minimum absolute atomic E-state index is 0.0372. The summed E-state index contributed by atoms with van der Waals surface area (Å²) in [5.74, 6) is -0.196. The number of imide groups is 1. The Morgan fingerprint density at radius 1 is 1.03 bits per heavy atom. The molecule has 0 saturated carbocycles. The van der Waals surface area contributed by atoms with Gasteiger partial charge in [0.25, 0.3) is 11.8 Å². The second-order valence-corrected chi connectivity index (χ2v) is 9.26. The number of amides is 5. The van der Waals surface area contributed by atoms with Crippen LogP contribution >= 0.6 is 0 Å². The molecule has 1 aromatic heterocycles. The summed E-state index contributed by atoms with van der Waals surface area (Å²) in [6.45, 7) is 4.13. The molecule has 2 aromatic carbocycles. The van der Waals surface area contributed by atoms with Gasteiger partial charge in [-0.2, -0.15) is 0 Å². The molecule has 10 heteroatoms. The topological polar surface area (TPSA) is 130 Å². The first-order valence-corrected chi connectivity index (χ1v) is 12.2. The monoisotopic (exact) mass is 518 g/mol. The molecule has 1 fully saturated rings. The molecule has 5 amide bonds. The second kappa shape index (κ2) is 11.6. The van der Waals surface area contributed by atoms with Gasteiger partial charge in [0.05, 0.1) is 26.3 Å². The van der Waals surface area contributed by atoms with E-state index in [9.17, 15) is 19.2 Å². The normalized spacial score (nSPS) is 15.5. The van der Waals surface area contributed by atoms with Crippen LogP contribution in [0.4, 0.5) is 10.5 Å². The molecule has 0 radical (unpaired) electrons. The lowest BCUT2D eigenvalue weighted by molar-refractivity contribution is -0.141. The van der Waals surface area contributed by atoms with Gasteiger partial charge in [0.2, 0.25) is 5.91 Å². The predicted octanol–water partition coefficient (Wildman–Crippen LogP) is 3.72. The summed E-state index contributed by atoms with van der Waals surface area (Å²) in [6.07, 6.45) is 1.14. The van der Waals surface area contributed by atoms with Crippen LogP contribution < -0.4 is 20.7 Å². The number of ether oxygens (including phenoxy) is 1. The highest BCUT2D eigenvalue weighted by molar-refractivity contribution is 6.06. The van der Waals surface area contributed by atoms with E-state index in [0.717, 1.165) is 5.56 Å². The maximum absolute atomic E-state index is 13.8. The molecule has 198 valence electrons. The van der Waals surface area contributed by atoms with Crippen molar-refractivity contribution in [1.82, 2.24) is 15.5 Å². The Bertz CT molecular complexity index is 1290. The lowest BCUT2D eigenvalue weighted by Crippen LogP contribution is -2.44. The number of benzene rings is 2. The fourth-order valence-corrected chi connectivity index (χ4v) is 4.21. The Labute approximate surface area is 220 Å². The summed E-state index contributed by atoms with van der Waals surface area (Å²) in [6, 6.07) is 14.9. The molecule has 0 bridgehead atoms. The van der Waals surface area contributed by atoms with E-state index in [4.69, 9.17) is 9.15 Å². The number of hydrogen-bond acceptors (Lipinski definition) is 6. The third-order valence-corrected chi connectivity index (χ3v) is 6.30. The SMILES string of the molecule is COc1ccc([C@@H](C(=O)Nc2ccc(C(C)C)cc2)N(Cc2ccco2)C(=O)C[C@@H]2NC(=O)NC2=O)cc1. The highest BCUT2D eigenvalue weighted by Crippen LogP contribution is 2.28. The highest BCUT2D eigenvalue weighted by Gasteiger charge is 2.37. The molecule has 1 aliphatic rings. The average molecular weight is 519 g/mol. The quantitative estimate of drug-likeness (QED) is 0.351. The number of anilines is 1. The van der Waals surface area contributed by atoms with Crippen molar-refractivity contribution in [2.45, 2.75) is 44.8 Å². The van der Waals surface area contributed by atoms with Crippen LogP contribution in [-0.2, 0) is 20.9 Å². The molecule has 2 heterocycles. The second-order valence-electron chi connectivity index (χ2n) is 9.26. The Hall–Kier alpha value is -4.60. The van der Waals surface area contributed by atoms with E-state index in [1.807, 2.05) is 24.3 Å². The van der Waals surface area contributed by atoms with Gasteiger partial charge in [-0.25, -0.2) is 4.79 Å². The largest absolute Gasteiger partial charge is 0.497 e. The lowest BCUT2D eigenvalue weighted by atomic mass is 10.0. The van der Waals surface area contributed by atoms with Crippen LogP contribution in [0, 0.1) is 0 Å². The van der Waals surface area contributed by atoms with Crippen LogP contribution in [0.2, 0.25) is 0 Å². The maximum Gasteiger partial charge on any atom is 0.322 e. The molecular weight excluding hydrogens is 488 g/mol. The van der Waals surface area contributed by atoms with Gasteiger partial charge in [0, 0.05) is 5.69 Å². The summed E-state index contributed by atoms with van der Waals surface area (Å²) in [5, 5.41) is 7.48. The van der Waals surface area contributed by atoms with E-state index in [0.29, 0.717) is 28.7 Å². The molecule has 38 heavy (non-hydrogen) atoms. The zero-order chi connectivity index (χ0) is 27.2. The zero-order valence-corrected chi connectivity index (χ0v) is 21.4. The smallest absolute Gasteiger partial charge is 0.322 e. The Balaban J connectivity index is 1.68. The van der Waals surface area contributed by atoms with Crippen molar-refractivity contribution in [2.75, 3.05) is 12.4 Å². The van der Waals surface area contributed by atoms with Gasteiger partial charge >= 0.3 is 6.03 Å². The van der Waals surface area contributed by atoms with E-state index in [1.54, 1.807) is 36.4 Å². The fraction of sp³-hybridized carbons (Fsp3) is 0.286.